The lowest BCUT2D eigenvalue weighted by Crippen LogP contribution is -2.69. The van der Waals surface area contributed by atoms with Gasteiger partial charge < -0.3 is 19.8 Å². The highest BCUT2D eigenvalue weighted by Crippen LogP contribution is 2.59. The average molecular weight is 493 g/mol. The van der Waals surface area contributed by atoms with Gasteiger partial charge in [-0.2, -0.15) is 0 Å². The van der Waals surface area contributed by atoms with Gasteiger partial charge in [0.05, 0.1) is 18.9 Å². The van der Waals surface area contributed by atoms with Crippen LogP contribution in [0, 0.1) is 23.7 Å². The van der Waals surface area contributed by atoms with Crippen molar-refractivity contribution in [2.24, 2.45) is 28.7 Å². The Kier molecular flexibility index (Phi) is 6.88. The fourth-order valence-electron chi connectivity index (χ4n) is 6.43. The van der Waals surface area contributed by atoms with Crippen molar-refractivity contribution in [3.05, 3.63) is 18.2 Å². The molecule has 1 saturated carbocycles. The number of amides is 1. The minimum absolute atomic E-state index is 0.0230. The Bertz CT molecular complexity index is 927. The van der Waals surface area contributed by atoms with Crippen LogP contribution < -0.4 is 5.32 Å². The minimum Gasteiger partial charge on any atom is -0.448 e. The van der Waals surface area contributed by atoms with E-state index in [0.717, 1.165) is 31.4 Å². The van der Waals surface area contributed by atoms with Gasteiger partial charge in [-0.1, -0.05) is 13.8 Å². The summed E-state index contributed by atoms with van der Waals surface area (Å²) < 4.78 is 12.7. The predicted octanol–water partition coefficient (Wildman–Crippen LogP) is 2.60. The zero-order valence-corrected chi connectivity index (χ0v) is 20.6. The number of hydrogen-bond donors (Lipinski definition) is 3. The summed E-state index contributed by atoms with van der Waals surface area (Å²) in [4.78, 5) is 40.5. The van der Waals surface area contributed by atoms with Crippen molar-refractivity contribution in [2.45, 2.75) is 83.0 Å². The van der Waals surface area contributed by atoms with E-state index in [-0.39, 0.29) is 43.4 Å². The van der Waals surface area contributed by atoms with E-state index in [9.17, 15) is 4.79 Å². The topological polar surface area (TPSA) is 137 Å². The Morgan fingerprint density at radius 2 is 2.20 bits per heavy atom. The van der Waals surface area contributed by atoms with Gasteiger partial charge in [-0.3, -0.25) is 15.0 Å². The third-order valence-corrected chi connectivity index (χ3v) is 8.26. The average Bonchev–Trinajstić information content (AvgIpc) is 3.22. The molecule has 2 bridgehead atoms. The number of carbonyl (C=O) groups excluding carboxylic acids is 1. The maximum Gasteiger partial charge on any atom is 0.237 e. The van der Waals surface area contributed by atoms with Crippen LogP contribution in [0.25, 0.3) is 0 Å². The molecule has 8 atom stereocenters. The van der Waals surface area contributed by atoms with E-state index in [1.54, 1.807) is 12.5 Å². The number of fused-ring (bicyclic) bond motifs is 2. The van der Waals surface area contributed by atoms with E-state index in [0.29, 0.717) is 24.2 Å². The largest absolute Gasteiger partial charge is 0.448 e. The molecule has 194 valence electrons. The van der Waals surface area contributed by atoms with Gasteiger partial charge in [0.15, 0.2) is 11.5 Å². The Hall–Kier alpha value is -2.05. The van der Waals surface area contributed by atoms with Gasteiger partial charge in [0, 0.05) is 48.9 Å². The van der Waals surface area contributed by atoms with Crippen LogP contribution in [0.1, 0.15) is 58.6 Å². The zero-order chi connectivity index (χ0) is 24.6. The molecular formula is C24H36N4O7. The fraction of sp³-hybridized carbons (Fsp3) is 0.792. The summed E-state index contributed by atoms with van der Waals surface area (Å²) in [5, 5.41) is 11.8. The van der Waals surface area contributed by atoms with Crippen LogP contribution in [0.5, 0.6) is 0 Å². The first-order valence-corrected chi connectivity index (χ1v) is 12.6. The second kappa shape index (κ2) is 9.78. The smallest absolute Gasteiger partial charge is 0.237 e. The Morgan fingerprint density at radius 3 is 2.97 bits per heavy atom. The quantitative estimate of drug-likeness (QED) is 0.372. The second-order valence-corrected chi connectivity index (χ2v) is 10.6. The van der Waals surface area contributed by atoms with E-state index in [2.05, 4.69) is 39.0 Å². The third-order valence-electron chi connectivity index (χ3n) is 8.26. The van der Waals surface area contributed by atoms with Gasteiger partial charge in [-0.05, 0) is 32.1 Å². The number of aromatic nitrogens is 2. The first-order valence-electron chi connectivity index (χ1n) is 12.6. The number of nitrogens with zero attached hydrogens (tertiary/aromatic N) is 2. The molecule has 35 heavy (non-hydrogen) atoms. The molecule has 1 spiro atoms. The predicted molar refractivity (Wildman–Crippen MR) is 123 cm³/mol. The molecule has 11 heteroatoms. The number of hydrogen-bond acceptors (Lipinski definition) is 9. The highest BCUT2D eigenvalue weighted by molar-refractivity contribution is 5.81. The Morgan fingerprint density at radius 1 is 1.34 bits per heavy atom. The highest BCUT2D eigenvalue weighted by atomic mass is 17.3. The van der Waals surface area contributed by atoms with Crippen LogP contribution in [0.15, 0.2) is 17.5 Å². The van der Waals surface area contributed by atoms with Gasteiger partial charge in [0.1, 0.15) is 6.61 Å². The summed E-state index contributed by atoms with van der Waals surface area (Å²) in [6, 6.07) is -0.390. The van der Waals surface area contributed by atoms with Crippen LogP contribution in [-0.4, -0.2) is 63.9 Å². The highest BCUT2D eigenvalue weighted by Gasteiger charge is 2.69. The van der Waals surface area contributed by atoms with Crippen LogP contribution in [0.2, 0.25) is 0 Å². The summed E-state index contributed by atoms with van der Waals surface area (Å²) in [7, 11) is 0. The number of aromatic amines is 1. The van der Waals surface area contributed by atoms with E-state index < -0.39 is 17.7 Å². The second-order valence-electron chi connectivity index (χ2n) is 10.6. The minimum atomic E-state index is -0.832. The van der Waals surface area contributed by atoms with Crippen molar-refractivity contribution < 1.29 is 34.2 Å². The van der Waals surface area contributed by atoms with Crippen LogP contribution in [-0.2, 0) is 35.4 Å². The standard InChI is InChI=1S/C24H36N4O7/c1-14-4-5-19-15(2)21(32-22-24(19)18(14)6-8-23(3,33-22)34-35-24)26-9-7-20(29)28-17(12-31-30)10-16-11-25-13-27-16/h11,13-15,17-19,22,30H,4-10,12H2,1-3H3,(H,25,27)(H,28,29)/b26-21+. The molecule has 4 aliphatic heterocycles. The molecule has 5 aliphatic rings. The van der Waals surface area contributed by atoms with E-state index in [1.165, 1.54) is 0 Å². The lowest BCUT2D eigenvalue weighted by molar-refractivity contribution is -0.557. The molecule has 3 N–H and O–H groups in total. The van der Waals surface area contributed by atoms with Crippen molar-refractivity contribution in [1.82, 2.24) is 15.3 Å². The summed E-state index contributed by atoms with van der Waals surface area (Å²) in [6.07, 6.45) is 7.14. The van der Waals surface area contributed by atoms with Crippen molar-refractivity contribution >= 4 is 11.8 Å². The number of imidazole rings is 1. The van der Waals surface area contributed by atoms with Gasteiger partial charge in [0.2, 0.25) is 18.0 Å². The zero-order valence-electron chi connectivity index (χ0n) is 20.6. The van der Waals surface area contributed by atoms with Crippen molar-refractivity contribution in [2.75, 3.05) is 13.2 Å². The maximum absolute atomic E-state index is 12.6. The molecule has 5 heterocycles. The molecule has 4 saturated heterocycles. The molecule has 1 aromatic heterocycles. The number of H-pyrrole nitrogens is 1. The summed E-state index contributed by atoms with van der Waals surface area (Å²) >= 11 is 0. The van der Waals surface area contributed by atoms with E-state index in [1.807, 2.05) is 6.92 Å². The van der Waals surface area contributed by atoms with Crippen molar-refractivity contribution in [1.29, 1.82) is 0 Å². The first kappa shape index (κ1) is 24.6. The third kappa shape index (κ3) is 4.60. The molecule has 1 aromatic rings. The maximum atomic E-state index is 12.6. The fourth-order valence-corrected chi connectivity index (χ4v) is 6.43. The summed E-state index contributed by atoms with van der Waals surface area (Å²) in [5.41, 5.74) is 0.205. The molecule has 1 amide bonds. The SMILES string of the molecule is CC1CCC2C(C)/C(=N\CCC(=O)NC(COO)Cc3cnc[nH]3)OC3OC4(C)CCC1C32OO4. The Labute approximate surface area is 204 Å². The molecule has 0 radical (unpaired) electrons. The molecule has 8 unspecified atom stereocenters. The van der Waals surface area contributed by atoms with Gasteiger partial charge in [-0.15, -0.1) is 0 Å². The first-order chi connectivity index (χ1) is 16.8. The number of aliphatic imine (C=N–C) groups is 1. The normalized spacial score (nSPS) is 40.0. The number of carbonyl (C=O) groups is 1. The molecule has 5 fully saturated rings. The Balaban J connectivity index is 1.24. The number of rotatable bonds is 8. The molecule has 1 aliphatic carbocycles. The summed E-state index contributed by atoms with van der Waals surface area (Å²) in [6.45, 7) is 6.55. The number of nitrogens with one attached hydrogen (secondary N) is 2. The molecule has 0 aromatic carbocycles. The summed E-state index contributed by atoms with van der Waals surface area (Å²) in [5.74, 6) is 0.577. The molecular weight excluding hydrogens is 456 g/mol. The van der Waals surface area contributed by atoms with Crippen LogP contribution in [0.3, 0.4) is 0 Å². The van der Waals surface area contributed by atoms with Crippen LogP contribution >= 0.6 is 0 Å². The van der Waals surface area contributed by atoms with E-state index in [4.69, 9.17) is 24.5 Å². The van der Waals surface area contributed by atoms with Crippen molar-refractivity contribution in [3.8, 4) is 0 Å². The molecule has 11 nitrogen and oxygen atoms in total. The lowest BCUT2D eigenvalue weighted by atomic mass is 9.58. The van der Waals surface area contributed by atoms with E-state index >= 15 is 0 Å². The number of ether oxygens (including phenoxy) is 2. The van der Waals surface area contributed by atoms with Crippen LogP contribution in [0.4, 0.5) is 0 Å². The lowest BCUT2D eigenvalue weighted by Gasteiger charge is -2.58. The van der Waals surface area contributed by atoms with Gasteiger partial charge in [0.25, 0.3) is 0 Å². The van der Waals surface area contributed by atoms with Crippen molar-refractivity contribution in [3.63, 3.8) is 0 Å². The molecule has 6 rings (SSSR count). The van der Waals surface area contributed by atoms with Gasteiger partial charge in [-0.25, -0.2) is 19.6 Å². The van der Waals surface area contributed by atoms with Gasteiger partial charge >= 0.3 is 0 Å². The monoisotopic (exact) mass is 492 g/mol.